The van der Waals surface area contributed by atoms with Gasteiger partial charge in [0.15, 0.2) is 5.79 Å². The summed E-state index contributed by atoms with van der Waals surface area (Å²) in [5.74, 6) is 3.06. The lowest BCUT2D eigenvalue weighted by Crippen LogP contribution is -2.34. The fraction of sp³-hybridized carbons (Fsp3) is 0.609. The van der Waals surface area contributed by atoms with Gasteiger partial charge in [0.1, 0.15) is 5.82 Å². The second-order valence-corrected chi connectivity index (χ2v) is 8.58. The predicted molar refractivity (Wildman–Crippen MR) is 110 cm³/mol. The molecule has 3 aliphatic rings. The summed E-state index contributed by atoms with van der Waals surface area (Å²) in [5.41, 5.74) is 2.20. The third-order valence-corrected chi connectivity index (χ3v) is 6.59. The standard InChI is InChI=1S/C23H29N3O4/c1-15-24-13-19(16-6-8-23(9-7-16)29-10-11-30-23)22(25-15)28-14-17-12-18(17)20-4-3-5-21(26-20)27-2/h3-5,13,16-18H,6-12,14H2,1-2H3. The van der Waals surface area contributed by atoms with E-state index >= 15 is 0 Å². The zero-order valence-corrected chi connectivity index (χ0v) is 17.7. The Labute approximate surface area is 177 Å². The van der Waals surface area contributed by atoms with E-state index in [1.165, 1.54) is 0 Å². The normalized spacial score (nSPS) is 25.4. The average molecular weight is 412 g/mol. The smallest absolute Gasteiger partial charge is 0.220 e. The van der Waals surface area contributed by atoms with Crippen molar-refractivity contribution in [1.82, 2.24) is 15.0 Å². The van der Waals surface area contributed by atoms with Crippen molar-refractivity contribution in [1.29, 1.82) is 0 Å². The van der Waals surface area contributed by atoms with E-state index in [2.05, 4.69) is 21.0 Å². The molecule has 30 heavy (non-hydrogen) atoms. The van der Waals surface area contributed by atoms with Gasteiger partial charge in [-0.25, -0.2) is 9.97 Å². The average Bonchev–Trinajstić information content (AvgIpc) is 3.43. The van der Waals surface area contributed by atoms with Crippen LogP contribution < -0.4 is 9.47 Å². The third-order valence-electron chi connectivity index (χ3n) is 6.59. The first-order valence-corrected chi connectivity index (χ1v) is 10.9. The Morgan fingerprint density at radius 3 is 2.70 bits per heavy atom. The molecule has 7 heteroatoms. The first kappa shape index (κ1) is 19.7. The van der Waals surface area contributed by atoms with Crippen LogP contribution in [0.15, 0.2) is 24.4 Å². The first-order chi connectivity index (χ1) is 14.7. The molecule has 1 aliphatic heterocycles. The number of aromatic nitrogens is 3. The number of hydrogen-bond donors (Lipinski definition) is 0. The molecule has 1 spiro atoms. The maximum atomic E-state index is 6.25. The lowest BCUT2D eigenvalue weighted by molar-refractivity contribution is -0.178. The second kappa shape index (κ2) is 8.12. The topological polar surface area (TPSA) is 75.6 Å². The molecule has 2 saturated carbocycles. The molecule has 2 aliphatic carbocycles. The highest BCUT2D eigenvalue weighted by molar-refractivity contribution is 5.29. The number of hydrogen-bond acceptors (Lipinski definition) is 7. The summed E-state index contributed by atoms with van der Waals surface area (Å²) in [4.78, 5) is 13.7. The molecule has 2 unspecified atom stereocenters. The molecule has 1 saturated heterocycles. The van der Waals surface area contributed by atoms with Crippen molar-refractivity contribution in [3.05, 3.63) is 41.5 Å². The SMILES string of the molecule is COc1cccc(C2CC2COc2nc(C)ncc2C2CCC3(CC2)OCCO3)n1. The van der Waals surface area contributed by atoms with Gasteiger partial charge in [-0.15, -0.1) is 0 Å². The number of rotatable bonds is 6. The van der Waals surface area contributed by atoms with Gasteiger partial charge in [0, 0.05) is 48.2 Å². The predicted octanol–water partition coefficient (Wildman–Crippen LogP) is 3.77. The minimum atomic E-state index is -0.353. The Morgan fingerprint density at radius 1 is 1.13 bits per heavy atom. The van der Waals surface area contributed by atoms with E-state index in [1.54, 1.807) is 7.11 Å². The van der Waals surface area contributed by atoms with Gasteiger partial charge in [0.2, 0.25) is 11.8 Å². The van der Waals surface area contributed by atoms with Gasteiger partial charge in [-0.2, -0.15) is 4.98 Å². The van der Waals surface area contributed by atoms with E-state index in [-0.39, 0.29) is 5.79 Å². The lowest BCUT2D eigenvalue weighted by Gasteiger charge is -2.35. The molecule has 3 fully saturated rings. The van der Waals surface area contributed by atoms with Gasteiger partial charge in [0.05, 0.1) is 26.9 Å². The van der Waals surface area contributed by atoms with E-state index in [0.717, 1.165) is 55.1 Å². The maximum absolute atomic E-state index is 6.25. The molecular weight excluding hydrogens is 382 g/mol. The number of ether oxygens (including phenoxy) is 4. The summed E-state index contributed by atoms with van der Waals surface area (Å²) >= 11 is 0. The first-order valence-electron chi connectivity index (χ1n) is 10.9. The number of aryl methyl sites for hydroxylation is 1. The highest BCUT2D eigenvalue weighted by Gasteiger charge is 2.42. The van der Waals surface area contributed by atoms with Crippen molar-refractivity contribution in [2.24, 2.45) is 5.92 Å². The van der Waals surface area contributed by atoms with Crippen LogP contribution in [-0.4, -0.2) is 47.7 Å². The summed E-state index contributed by atoms with van der Waals surface area (Å²) in [7, 11) is 1.65. The maximum Gasteiger partial charge on any atom is 0.220 e. The molecule has 0 aromatic carbocycles. The molecule has 3 heterocycles. The van der Waals surface area contributed by atoms with Crippen molar-refractivity contribution in [3.63, 3.8) is 0 Å². The van der Waals surface area contributed by atoms with Crippen molar-refractivity contribution in [2.75, 3.05) is 26.9 Å². The zero-order chi connectivity index (χ0) is 20.6. The summed E-state index contributed by atoms with van der Waals surface area (Å²) in [5, 5.41) is 0. The molecule has 0 N–H and O–H groups in total. The lowest BCUT2D eigenvalue weighted by atomic mass is 9.81. The molecule has 0 radical (unpaired) electrons. The van der Waals surface area contributed by atoms with Crippen LogP contribution in [0.25, 0.3) is 0 Å². The zero-order valence-electron chi connectivity index (χ0n) is 17.7. The number of methoxy groups -OCH3 is 1. The van der Waals surface area contributed by atoms with Crippen LogP contribution in [0.4, 0.5) is 0 Å². The minimum absolute atomic E-state index is 0.353. The molecule has 2 aromatic heterocycles. The Bertz CT molecular complexity index is 890. The van der Waals surface area contributed by atoms with Gasteiger partial charge < -0.3 is 18.9 Å². The van der Waals surface area contributed by atoms with Crippen LogP contribution in [0, 0.1) is 12.8 Å². The molecule has 160 valence electrons. The monoisotopic (exact) mass is 411 g/mol. The van der Waals surface area contributed by atoms with E-state index in [9.17, 15) is 0 Å². The Kier molecular flexibility index (Phi) is 5.33. The Hall–Kier alpha value is -2.25. The van der Waals surface area contributed by atoms with Crippen LogP contribution in [0.2, 0.25) is 0 Å². The fourth-order valence-electron chi connectivity index (χ4n) is 4.74. The largest absolute Gasteiger partial charge is 0.481 e. The van der Waals surface area contributed by atoms with E-state index in [0.29, 0.717) is 43.5 Å². The van der Waals surface area contributed by atoms with Crippen LogP contribution in [0.1, 0.15) is 61.0 Å². The van der Waals surface area contributed by atoms with E-state index in [1.807, 2.05) is 25.3 Å². The van der Waals surface area contributed by atoms with Crippen LogP contribution in [-0.2, 0) is 9.47 Å². The molecule has 2 aromatic rings. The molecule has 5 rings (SSSR count). The van der Waals surface area contributed by atoms with Crippen LogP contribution in [0.5, 0.6) is 11.8 Å². The summed E-state index contributed by atoms with van der Waals surface area (Å²) in [6, 6.07) is 5.94. The quantitative estimate of drug-likeness (QED) is 0.716. The second-order valence-electron chi connectivity index (χ2n) is 8.58. The molecule has 2 atom stereocenters. The van der Waals surface area contributed by atoms with Gasteiger partial charge in [-0.05, 0) is 38.2 Å². The minimum Gasteiger partial charge on any atom is -0.481 e. The molecule has 0 amide bonds. The van der Waals surface area contributed by atoms with Crippen molar-refractivity contribution in [3.8, 4) is 11.8 Å². The summed E-state index contributed by atoms with van der Waals surface area (Å²) in [6.07, 6.45) is 6.87. The Morgan fingerprint density at radius 2 is 1.93 bits per heavy atom. The summed E-state index contributed by atoms with van der Waals surface area (Å²) < 4.78 is 23.2. The fourth-order valence-corrected chi connectivity index (χ4v) is 4.74. The van der Waals surface area contributed by atoms with Gasteiger partial charge in [-0.3, -0.25) is 0 Å². The van der Waals surface area contributed by atoms with Gasteiger partial charge in [-0.1, -0.05) is 6.07 Å². The number of nitrogens with zero attached hydrogens (tertiary/aromatic N) is 3. The van der Waals surface area contributed by atoms with Crippen LogP contribution in [0.3, 0.4) is 0 Å². The van der Waals surface area contributed by atoms with E-state index in [4.69, 9.17) is 18.9 Å². The highest BCUT2D eigenvalue weighted by Crippen LogP contribution is 2.48. The highest BCUT2D eigenvalue weighted by atomic mass is 16.7. The molecule has 7 nitrogen and oxygen atoms in total. The van der Waals surface area contributed by atoms with Gasteiger partial charge >= 0.3 is 0 Å². The van der Waals surface area contributed by atoms with Crippen molar-refractivity contribution >= 4 is 0 Å². The molecular formula is C23H29N3O4. The van der Waals surface area contributed by atoms with E-state index < -0.39 is 0 Å². The van der Waals surface area contributed by atoms with Crippen molar-refractivity contribution < 1.29 is 18.9 Å². The van der Waals surface area contributed by atoms with Gasteiger partial charge in [0.25, 0.3) is 0 Å². The Balaban J connectivity index is 1.23. The third kappa shape index (κ3) is 4.01. The number of pyridine rings is 1. The van der Waals surface area contributed by atoms with Crippen LogP contribution >= 0.6 is 0 Å². The molecule has 0 bridgehead atoms. The summed E-state index contributed by atoms with van der Waals surface area (Å²) in [6.45, 7) is 3.97. The van der Waals surface area contributed by atoms with Crippen molar-refractivity contribution in [2.45, 2.75) is 56.7 Å².